The van der Waals surface area contributed by atoms with Gasteiger partial charge in [0.1, 0.15) is 0 Å². The highest BCUT2D eigenvalue weighted by atomic mass is 16.3. The molecule has 23 heavy (non-hydrogen) atoms. The predicted octanol–water partition coefficient (Wildman–Crippen LogP) is 3.64. The zero-order chi connectivity index (χ0) is 16.0. The van der Waals surface area contributed by atoms with E-state index in [9.17, 15) is 5.11 Å². The average Bonchev–Trinajstić information content (AvgIpc) is 2.92. The molecule has 1 aliphatic heterocycles. The van der Waals surface area contributed by atoms with E-state index in [1.807, 2.05) is 0 Å². The number of aliphatic hydroxyl groups excluding tert-OH is 1. The summed E-state index contributed by atoms with van der Waals surface area (Å²) in [5.74, 6) is 1.24. The van der Waals surface area contributed by atoms with Crippen LogP contribution in [-0.4, -0.2) is 21.7 Å². The number of rotatable bonds is 0. The van der Waals surface area contributed by atoms with Crippen molar-refractivity contribution in [1.82, 2.24) is 10.3 Å². The van der Waals surface area contributed by atoms with Gasteiger partial charge in [-0.3, -0.25) is 0 Å². The van der Waals surface area contributed by atoms with Gasteiger partial charge in [-0.25, -0.2) is 0 Å². The van der Waals surface area contributed by atoms with Crippen LogP contribution in [0.1, 0.15) is 57.4 Å². The van der Waals surface area contributed by atoms with Crippen LogP contribution in [0.3, 0.4) is 0 Å². The minimum absolute atomic E-state index is 0.118. The Morgan fingerprint density at radius 1 is 1.17 bits per heavy atom. The maximum absolute atomic E-state index is 11.2. The lowest BCUT2D eigenvalue weighted by Gasteiger charge is -2.60. The van der Waals surface area contributed by atoms with Crippen LogP contribution in [0.5, 0.6) is 0 Å². The summed E-state index contributed by atoms with van der Waals surface area (Å²) in [4.78, 5) is 3.68. The Balaban J connectivity index is 1.77. The van der Waals surface area contributed by atoms with Gasteiger partial charge in [-0.2, -0.15) is 0 Å². The molecule has 2 heterocycles. The maximum Gasteiger partial charge on any atom is 0.0969 e. The van der Waals surface area contributed by atoms with Gasteiger partial charge in [-0.1, -0.05) is 25.1 Å². The molecule has 1 saturated heterocycles. The second-order valence-electron chi connectivity index (χ2n) is 8.79. The van der Waals surface area contributed by atoms with Gasteiger partial charge >= 0.3 is 0 Å². The van der Waals surface area contributed by atoms with E-state index >= 15 is 0 Å². The van der Waals surface area contributed by atoms with Crippen molar-refractivity contribution < 1.29 is 5.11 Å². The van der Waals surface area contributed by atoms with E-state index in [0.29, 0.717) is 5.92 Å². The van der Waals surface area contributed by atoms with Crippen LogP contribution in [0.15, 0.2) is 24.3 Å². The molecule has 1 saturated carbocycles. The van der Waals surface area contributed by atoms with Crippen LogP contribution in [0.25, 0.3) is 10.9 Å². The van der Waals surface area contributed by atoms with Crippen LogP contribution in [-0.2, 0) is 5.41 Å². The molecule has 2 aliphatic carbocycles. The van der Waals surface area contributed by atoms with Crippen molar-refractivity contribution in [2.24, 2.45) is 11.8 Å². The largest absolute Gasteiger partial charge is 0.387 e. The summed E-state index contributed by atoms with van der Waals surface area (Å²) in [6, 6.07) is 8.60. The Bertz CT molecular complexity index is 792. The normalized spacial score (nSPS) is 40.9. The molecular formula is C20H26N2O. The first-order valence-electron chi connectivity index (χ1n) is 8.99. The SMILES string of the molecule is CC1(C)N[C@@H]2[C@H](O)c3c([nH]c4ccccc34)[C@]3(C)CC[C@H]1C[C@H]23. The van der Waals surface area contributed by atoms with E-state index in [-0.39, 0.29) is 17.0 Å². The van der Waals surface area contributed by atoms with Gasteiger partial charge in [0.05, 0.1) is 6.10 Å². The number of hydrogen-bond donors (Lipinski definition) is 3. The van der Waals surface area contributed by atoms with Crippen molar-refractivity contribution in [3.05, 3.63) is 35.5 Å². The molecule has 122 valence electrons. The van der Waals surface area contributed by atoms with E-state index in [1.54, 1.807) is 0 Å². The standard InChI is InChI=1S/C20H26N2O/c1-19(2)11-8-9-20(3)13(10-11)16(22-19)17(23)15-12-6-4-5-7-14(12)21-18(15)20/h4-7,11,13,16-17,21-23H,8-10H2,1-3H3/t11-,13+,16-,17+,20+/m0/s1. The van der Waals surface area contributed by atoms with Crippen molar-refractivity contribution in [2.75, 3.05) is 0 Å². The van der Waals surface area contributed by atoms with Crippen molar-refractivity contribution in [1.29, 1.82) is 0 Å². The van der Waals surface area contributed by atoms with Crippen LogP contribution >= 0.6 is 0 Å². The van der Waals surface area contributed by atoms with Crippen molar-refractivity contribution in [3.63, 3.8) is 0 Å². The van der Waals surface area contributed by atoms with Gasteiger partial charge in [0.25, 0.3) is 0 Å². The van der Waals surface area contributed by atoms with Gasteiger partial charge in [-0.05, 0) is 51.0 Å². The summed E-state index contributed by atoms with van der Waals surface area (Å²) < 4.78 is 0. The fourth-order valence-corrected chi connectivity index (χ4v) is 5.90. The molecular weight excluding hydrogens is 284 g/mol. The first kappa shape index (κ1) is 14.1. The van der Waals surface area contributed by atoms with Gasteiger partial charge in [-0.15, -0.1) is 0 Å². The summed E-state index contributed by atoms with van der Waals surface area (Å²) in [7, 11) is 0. The molecule has 3 heteroatoms. The molecule has 0 spiro atoms. The third-order valence-electron chi connectivity index (χ3n) is 7.32. The molecule has 2 aromatic rings. The third-order valence-corrected chi connectivity index (χ3v) is 7.32. The fourth-order valence-electron chi connectivity index (χ4n) is 5.90. The first-order valence-corrected chi connectivity index (χ1v) is 8.99. The van der Waals surface area contributed by atoms with Crippen molar-refractivity contribution in [3.8, 4) is 0 Å². The molecule has 0 amide bonds. The fraction of sp³-hybridized carbons (Fsp3) is 0.600. The Morgan fingerprint density at radius 2 is 1.96 bits per heavy atom. The minimum Gasteiger partial charge on any atom is -0.387 e. The molecule has 3 N–H and O–H groups in total. The Morgan fingerprint density at radius 3 is 2.78 bits per heavy atom. The molecule has 2 bridgehead atoms. The number of para-hydroxylation sites is 1. The summed E-state index contributed by atoms with van der Waals surface area (Å²) in [5, 5.41) is 16.3. The van der Waals surface area contributed by atoms with E-state index in [0.717, 1.165) is 17.0 Å². The van der Waals surface area contributed by atoms with Crippen LogP contribution in [0, 0.1) is 11.8 Å². The number of H-pyrrole nitrogens is 1. The lowest BCUT2D eigenvalue weighted by molar-refractivity contribution is -0.0544. The highest BCUT2D eigenvalue weighted by molar-refractivity contribution is 5.86. The topological polar surface area (TPSA) is 48.0 Å². The molecule has 5 rings (SSSR count). The monoisotopic (exact) mass is 310 g/mol. The highest BCUT2D eigenvalue weighted by Gasteiger charge is 2.58. The number of benzene rings is 1. The molecule has 3 aliphatic rings. The van der Waals surface area contributed by atoms with E-state index in [4.69, 9.17) is 0 Å². The lowest BCUT2D eigenvalue weighted by Crippen LogP contribution is -2.67. The number of fused-ring (bicyclic) bond motifs is 5. The van der Waals surface area contributed by atoms with Gasteiger partial charge in [0.15, 0.2) is 0 Å². The van der Waals surface area contributed by atoms with Crippen LogP contribution in [0.4, 0.5) is 0 Å². The molecule has 5 atom stereocenters. The maximum atomic E-state index is 11.2. The van der Waals surface area contributed by atoms with E-state index in [1.165, 1.54) is 30.3 Å². The second kappa shape index (κ2) is 4.20. The third kappa shape index (κ3) is 1.62. The first-order chi connectivity index (χ1) is 10.9. The molecule has 0 radical (unpaired) electrons. The number of hydrogen-bond acceptors (Lipinski definition) is 2. The number of nitrogens with one attached hydrogen (secondary N) is 2. The second-order valence-corrected chi connectivity index (χ2v) is 8.79. The highest BCUT2D eigenvalue weighted by Crippen LogP contribution is 2.58. The molecule has 1 aromatic carbocycles. The van der Waals surface area contributed by atoms with E-state index < -0.39 is 6.10 Å². The van der Waals surface area contributed by atoms with Crippen LogP contribution in [0.2, 0.25) is 0 Å². The number of aromatic amines is 1. The average molecular weight is 310 g/mol. The van der Waals surface area contributed by atoms with E-state index in [2.05, 4.69) is 55.3 Å². The molecule has 3 nitrogen and oxygen atoms in total. The van der Waals surface area contributed by atoms with Crippen molar-refractivity contribution in [2.45, 2.75) is 63.1 Å². The summed E-state index contributed by atoms with van der Waals surface area (Å²) in [6.45, 7) is 7.04. The summed E-state index contributed by atoms with van der Waals surface area (Å²) >= 11 is 0. The smallest absolute Gasteiger partial charge is 0.0969 e. The summed E-state index contributed by atoms with van der Waals surface area (Å²) in [5.41, 5.74) is 3.88. The van der Waals surface area contributed by atoms with Gasteiger partial charge < -0.3 is 15.4 Å². The Labute approximate surface area is 137 Å². The zero-order valence-electron chi connectivity index (χ0n) is 14.2. The van der Waals surface area contributed by atoms with Crippen molar-refractivity contribution >= 4 is 10.9 Å². The molecule has 2 fully saturated rings. The minimum atomic E-state index is -0.419. The predicted molar refractivity (Wildman–Crippen MR) is 92.4 cm³/mol. The molecule has 1 aromatic heterocycles. The van der Waals surface area contributed by atoms with Gasteiger partial charge in [0.2, 0.25) is 0 Å². The number of aromatic nitrogens is 1. The summed E-state index contributed by atoms with van der Waals surface area (Å²) in [6.07, 6.45) is 3.30. The Hall–Kier alpha value is -1.32. The number of piperidine rings is 1. The lowest BCUT2D eigenvalue weighted by atomic mass is 9.51. The zero-order valence-corrected chi connectivity index (χ0v) is 14.2. The number of aliphatic hydroxyl groups is 1. The quantitative estimate of drug-likeness (QED) is 0.696. The van der Waals surface area contributed by atoms with Gasteiger partial charge in [0, 0.05) is 39.2 Å². The molecule has 0 unspecified atom stereocenters. The Kier molecular flexibility index (Phi) is 2.57. The van der Waals surface area contributed by atoms with Crippen LogP contribution < -0.4 is 5.32 Å².